The Morgan fingerprint density at radius 3 is 1.83 bits per heavy atom. The summed E-state index contributed by atoms with van der Waals surface area (Å²) in [7, 11) is 0. The van der Waals surface area contributed by atoms with Crippen LogP contribution in [0.3, 0.4) is 0 Å². The summed E-state index contributed by atoms with van der Waals surface area (Å²) in [4.78, 5) is 23.9. The standard InChI is InChI=1S/C18H13ClF6N2O2/c19-13-3-1-9(2-4-13)5-14(15(26)28)27-16(29)10-6-11(17(20,21)22)8-12(7-10)18(23,24)25/h1-4,6-8,14H,5H2,(H2,26,28)(H,27,29)/t14-/m1/s1. The van der Waals surface area contributed by atoms with Crippen molar-refractivity contribution in [1.29, 1.82) is 0 Å². The Morgan fingerprint density at radius 1 is 0.931 bits per heavy atom. The van der Waals surface area contributed by atoms with Crippen LogP contribution in [0.4, 0.5) is 26.3 Å². The van der Waals surface area contributed by atoms with Gasteiger partial charge in [0.2, 0.25) is 5.91 Å². The number of hydrogen-bond acceptors (Lipinski definition) is 2. The molecule has 3 N–H and O–H groups in total. The second-order valence-electron chi connectivity index (χ2n) is 6.05. The van der Waals surface area contributed by atoms with Crippen LogP contribution < -0.4 is 11.1 Å². The molecular formula is C18H13ClF6N2O2. The smallest absolute Gasteiger partial charge is 0.368 e. The quantitative estimate of drug-likeness (QED) is 0.687. The summed E-state index contributed by atoms with van der Waals surface area (Å²) in [5.74, 6) is -2.32. The first-order valence-electron chi connectivity index (χ1n) is 7.91. The van der Waals surface area contributed by atoms with Crippen molar-refractivity contribution in [3.05, 3.63) is 69.7 Å². The van der Waals surface area contributed by atoms with Gasteiger partial charge in [-0.1, -0.05) is 23.7 Å². The Balaban J connectivity index is 2.33. The predicted molar refractivity (Wildman–Crippen MR) is 92.1 cm³/mol. The van der Waals surface area contributed by atoms with E-state index in [9.17, 15) is 35.9 Å². The maximum absolute atomic E-state index is 12.9. The van der Waals surface area contributed by atoms with Crippen LogP contribution in [0.25, 0.3) is 0 Å². The van der Waals surface area contributed by atoms with Crippen molar-refractivity contribution in [2.24, 2.45) is 5.73 Å². The summed E-state index contributed by atoms with van der Waals surface area (Å²) in [6.07, 6.45) is -10.4. The number of hydrogen-bond donors (Lipinski definition) is 2. The van der Waals surface area contributed by atoms with E-state index in [4.69, 9.17) is 17.3 Å². The van der Waals surface area contributed by atoms with Crippen LogP contribution in [-0.4, -0.2) is 17.9 Å². The van der Waals surface area contributed by atoms with E-state index < -0.39 is 46.9 Å². The van der Waals surface area contributed by atoms with E-state index in [-0.39, 0.29) is 24.6 Å². The molecule has 0 aliphatic heterocycles. The van der Waals surface area contributed by atoms with Crippen LogP contribution >= 0.6 is 11.6 Å². The molecule has 156 valence electrons. The zero-order valence-corrected chi connectivity index (χ0v) is 15.1. The molecule has 11 heteroatoms. The summed E-state index contributed by atoms with van der Waals surface area (Å²) in [6.45, 7) is 0. The van der Waals surface area contributed by atoms with Gasteiger partial charge in [0, 0.05) is 17.0 Å². The lowest BCUT2D eigenvalue weighted by molar-refractivity contribution is -0.143. The van der Waals surface area contributed by atoms with Gasteiger partial charge >= 0.3 is 12.4 Å². The van der Waals surface area contributed by atoms with Gasteiger partial charge in [0.25, 0.3) is 5.91 Å². The van der Waals surface area contributed by atoms with Gasteiger partial charge in [0.05, 0.1) is 11.1 Å². The SMILES string of the molecule is NC(=O)[C@@H](Cc1ccc(Cl)cc1)NC(=O)c1cc(C(F)(F)F)cc(C(F)(F)F)c1. The van der Waals surface area contributed by atoms with Crippen LogP contribution in [0.5, 0.6) is 0 Å². The minimum Gasteiger partial charge on any atom is -0.368 e. The molecule has 0 radical (unpaired) electrons. The molecule has 29 heavy (non-hydrogen) atoms. The Morgan fingerprint density at radius 2 is 1.41 bits per heavy atom. The van der Waals surface area contributed by atoms with Crippen molar-refractivity contribution in [3.8, 4) is 0 Å². The Hall–Kier alpha value is -2.75. The molecule has 2 aromatic rings. The molecule has 1 atom stereocenters. The van der Waals surface area contributed by atoms with Gasteiger partial charge in [-0.15, -0.1) is 0 Å². The fraction of sp³-hybridized carbons (Fsp3) is 0.222. The molecule has 0 unspecified atom stereocenters. The van der Waals surface area contributed by atoms with E-state index >= 15 is 0 Å². The molecular weight excluding hydrogens is 426 g/mol. The lowest BCUT2D eigenvalue weighted by Gasteiger charge is -2.18. The van der Waals surface area contributed by atoms with Crippen LogP contribution in [0.15, 0.2) is 42.5 Å². The van der Waals surface area contributed by atoms with E-state index in [1.807, 2.05) is 0 Å². The molecule has 0 spiro atoms. The Bertz CT molecular complexity index is 878. The summed E-state index contributed by atoms with van der Waals surface area (Å²) < 4.78 is 77.6. The zero-order valence-electron chi connectivity index (χ0n) is 14.4. The molecule has 0 aromatic heterocycles. The number of primary amides is 1. The maximum Gasteiger partial charge on any atom is 0.416 e. The fourth-order valence-electron chi connectivity index (χ4n) is 2.41. The normalized spacial score (nSPS) is 13.1. The minimum absolute atomic E-state index is 0.101. The van der Waals surface area contributed by atoms with Crippen LogP contribution in [-0.2, 0) is 23.6 Å². The lowest BCUT2D eigenvalue weighted by atomic mass is 10.0. The van der Waals surface area contributed by atoms with Gasteiger partial charge in [-0.25, -0.2) is 0 Å². The molecule has 4 nitrogen and oxygen atoms in total. The largest absolute Gasteiger partial charge is 0.416 e. The molecule has 0 bridgehead atoms. The van der Waals surface area contributed by atoms with Gasteiger partial charge in [-0.3, -0.25) is 9.59 Å². The van der Waals surface area contributed by atoms with Gasteiger partial charge in [0.15, 0.2) is 0 Å². The number of carbonyl (C=O) groups is 2. The highest BCUT2D eigenvalue weighted by Crippen LogP contribution is 2.36. The number of alkyl halides is 6. The number of nitrogens with two attached hydrogens (primary N) is 1. The van der Waals surface area contributed by atoms with Gasteiger partial charge in [-0.05, 0) is 35.9 Å². The molecule has 0 aliphatic rings. The average molecular weight is 439 g/mol. The van der Waals surface area contributed by atoms with Crippen molar-refractivity contribution in [1.82, 2.24) is 5.32 Å². The van der Waals surface area contributed by atoms with Gasteiger partial charge in [0.1, 0.15) is 6.04 Å². The topological polar surface area (TPSA) is 72.2 Å². The van der Waals surface area contributed by atoms with Crippen molar-refractivity contribution in [3.63, 3.8) is 0 Å². The molecule has 2 rings (SSSR count). The third-order valence-electron chi connectivity index (χ3n) is 3.85. The number of nitrogens with one attached hydrogen (secondary N) is 1. The molecule has 2 amide bonds. The third-order valence-corrected chi connectivity index (χ3v) is 4.10. The first-order chi connectivity index (χ1) is 13.3. The van der Waals surface area contributed by atoms with E-state index in [0.717, 1.165) is 0 Å². The summed E-state index contributed by atoms with van der Waals surface area (Å²) >= 11 is 5.73. The van der Waals surface area contributed by atoms with E-state index in [0.29, 0.717) is 10.6 Å². The predicted octanol–water partition coefficient (Wildman–Crippen LogP) is 4.20. The number of carbonyl (C=O) groups excluding carboxylic acids is 2. The van der Waals surface area contributed by atoms with Gasteiger partial charge < -0.3 is 11.1 Å². The highest BCUT2D eigenvalue weighted by Gasteiger charge is 2.37. The monoisotopic (exact) mass is 438 g/mol. The zero-order chi connectivity index (χ0) is 22.0. The van der Waals surface area contributed by atoms with E-state index in [1.165, 1.54) is 24.3 Å². The highest BCUT2D eigenvalue weighted by atomic mass is 35.5. The first kappa shape index (κ1) is 22.5. The molecule has 2 aromatic carbocycles. The second kappa shape index (κ2) is 8.32. The third kappa shape index (κ3) is 6.11. The average Bonchev–Trinajstić information content (AvgIpc) is 2.61. The number of benzene rings is 2. The fourth-order valence-corrected chi connectivity index (χ4v) is 2.53. The number of amides is 2. The molecule has 0 fully saturated rings. The molecule has 0 saturated carbocycles. The number of halogens is 7. The van der Waals surface area contributed by atoms with E-state index in [1.54, 1.807) is 0 Å². The Labute approximate surface area is 165 Å². The molecule has 0 aliphatic carbocycles. The first-order valence-corrected chi connectivity index (χ1v) is 8.29. The van der Waals surface area contributed by atoms with Crippen molar-refractivity contribution < 1.29 is 35.9 Å². The molecule has 0 heterocycles. The van der Waals surface area contributed by atoms with E-state index in [2.05, 4.69) is 5.32 Å². The lowest BCUT2D eigenvalue weighted by Crippen LogP contribution is -2.46. The van der Waals surface area contributed by atoms with Gasteiger partial charge in [-0.2, -0.15) is 26.3 Å². The summed E-state index contributed by atoms with van der Waals surface area (Å²) in [5, 5.41) is 2.47. The van der Waals surface area contributed by atoms with Crippen molar-refractivity contribution in [2.45, 2.75) is 24.8 Å². The van der Waals surface area contributed by atoms with Crippen molar-refractivity contribution in [2.75, 3.05) is 0 Å². The van der Waals surface area contributed by atoms with Crippen LogP contribution in [0, 0.1) is 0 Å². The molecule has 0 saturated heterocycles. The minimum atomic E-state index is -5.11. The summed E-state index contributed by atoms with van der Waals surface area (Å²) in [5.41, 5.74) is 1.51. The van der Waals surface area contributed by atoms with Crippen LogP contribution in [0.1, 0.15) is 27.0 Å². The summed E-state index contributed by atoms with van der Waals surface area (Å²) in [6, 6.07) is 5.12. The van der Waals surface area contributed by atoms with Crippen LogP contribution in [0.2, 0.25) is 5.02 Å². The highest BCUT2D eigenvalue weighted by molar-refractivity contribution is 6.30. The Kier molecular flexibility index (Phi) is 6.46. The maximum atomic E-state index is 12.9. The van der Waals surface area contributed by atoms with Crippen molar-refractivity contribution >= 4 is 23.4 Å². The number of rotatable bonds is 5. The second-order valence-corrected chi connectivity index (χ2v) is 6.49.